The normalized spacial score (nSPS) is 12.4. The van der Waals surface area contributed by atoms with Crippen molar-refractivity contribution in [2.45, 2.75) is 19.5 Å². The predicted molar refractivity (Wildman–Crippen MR) is 103 cm³/mol. The lowest BCUT2D eigenvalue weighted by molar-refractivity contribution is -0.137. The van der Waals surface area contributed by atoms with E-state index in [0.29, 0.717) is 11.6 Å². The molecule has 3 aromatic rings. The van der Waals surface area contributed by atoms with E-state index in [1.165, 1.54) is 36.4 Å². The van der Waals surface area contributed by atoms with Crippen LogP contribution in [0.3, 0.4) is 0 Å². The molecule has 9 heteroatoms. The number of aryl methyl sites for hydroxylation is 1. The van der Waals surface area contributed by atoms with Crippen LogP contribution in [0.4, 0.5) is 27.6 Å². The minimum Gasteiger partial charge on any atom is -0.456 e. The summed E-state index contributed by atoms with van der Waals surface area (Å²) >= 11 is 0. The molecule has 0 heterocycles. The molecular weight excluding hydrogens is 421 g/mol. The minimum atomic E-state index is -4.70. The Morgan fingerprint density at radius 2 is 1.65 bits per heavy atom. The number of halogens is 5. The van der Waals surface area contributed by atoms with Crippen molar-refractivity contribution in [1.29, 1.82) is 0 Å². The van der Waals surface area contributed by atoms with Gasteiger partial charge in [-0.25, -0.2) is 8.78 Å². The molecule has 0 aliphatic heterocycles. The molecule has 31 heavy (non-hydrogen) atoms. The summed E-state index contributed by atoms with van der Waals surface area (Å²) in [5, 5.41) is 11.3. The number of alkyl halides is 4. The van der Waals surface area contributed by atoms with Gasteiger partial charge in [-0.1, -0.05) is 12.1 Å². The van der Waals surface area contributed by atoms with Crippen LogP contribution in [0.2, 0.25) is 0 Å². The fourth-order valence-corrected chi connectivity index (χ4v) is 2.74. The molecule has 0 saturated carbocycles. The van der Waals surface area contributed by atoms with Crippen LogP contribution in [0.25, 0.3) is 0 Å². The Kier molecular flexibility index (Phi) is 6.26. The first-order valence-corrected chi connectivity index (χ1v) is 8.93. The van der Waals surface area contributed by atoms with E-state index in [-0.39, 0.29) is 22.7 Å². The van der Waals surface area contributed by atoms with Gasteiger partial charge in [0.1, 0.15) is 17.3 Å². The van der Waals surface area contributed by atoms with Crippen molar-refractivity contribution < 1.29 is 36.6 Å². The number of carbonyl (C=O) groups is 1. The third kappa shape index (κ3) is 5.37. The van der Waals surface area contributed by atoms with Gasteiger partial charge in [0.25, 0.3) is 5.91 Å². The molecule has 0 aromatic heterocycles. The van der Waals surface area contributed by atoms with Crippen molar-refractivity contribution in [2.75, 3.05) is 5.32 Å². The highest BCUT2D eigenvalue weighted by molar-refractivity contribution is 6.06. The number of rotatable bonds is 5. The number of benzene rings is 3. The number of aliphatic hydroxyl groups is 1. The molecule has 1 atom stereocenters. The van der Waals surface area contributed by atoms with Crippen molar-refractivity contribution >= 4 is 11.6 Å². The number of amides is 1. The molecular formula is C22H16F5NO3. The summed E-state index contributed by atoms with van der Waals surface area (Å²) in [7, 11) is 0. The molecule has 0 fully saturated rings. The largest absolute Gasteiger partial charge is 0.456 e. The molecule has 0 saturated heterocycles. The zero-order valence-corrected chi connectivity index (χ0v) is 16.0. The van der Waals surface area contributed by atoms with Crippen LogP contribution in [0.5, 0.6) is 11.5 Å². The lowest BCUT2D eigenvalue weighted by Crippen LogP contribution is -2.15. The molecule has 1 unspecified atom stereocenters. The molecule has 3 rings (SSSR count). The number of carbonyl (C=O) groups excluding carboxylic acids is 1. The SMILES string of the molecule is Cc1cc(F)ccc1Oc1ccc(C(F)(F)F)cc1C(=O)Nc1ccc(C(O)F)cc1. The number of anilines is 1. The number of nitrogens with one attached hydrogen (secondary N) is 1. The Hall–Kier alpha value is -3.46. The fraction of sp³-hybridized carbons (Fsp3) is 0.136. The quantitative estimate of drug-likeness (QED) is 0.470. The maximum Gasteiger partial charge on any atom is 0.416 e. The monoisotopic (exact) mass is 437 g/mol. The predicted octanol–water partition coefficient (Wildman–Crippen LogP) is 6.16. The highest BCUT2D eigenvalue weighted by atomic mass is 19.4. The third-order valence-corrected chi connectivity index (χ3v) is 4.35. The van der Waals surface area contributed by atoms with Gasteiger partial charge in [-0.2, -0.15) is 13.2 Å². The van der Waals surface area contributed by atoms with Crippen LogP contribution in [-0.2, 0) is 6.18 Å². The topological polar surface area (TPSA) is 58.6 Å². The van der Waals surface area contributed by atoms with Crippen molar-refractivity contribution in [3.05, 3.63) is 88.7 Å². The van der Waals surface area contributed by atoms with Crippen LogP contribution in [0, 0.1) is 12.7 Å². The second kappa shape index (κ2) is 8.73. The van der Waals surface area contributed by atoms with Gasteiger partial charge in [-0.05, 0) is 61.0 Å². The van der Waals surface area contributed by atoms with E-state index in [9.17, 15) is 26.7 Å². The third-order valence-electron chi connectivity index (χ3n) is 4.35. The first-order valence-electron chi connectivity index (χ1n) is 8.93. The van der Waals surface area contributed by atoms with Crippen LogP contribution in [-0.4, -0.2) is 11.0 Å². The summed E-state index contributed by atoms with van der Waals surface area (Å²) in [6.07, 6.45) is -6.90. The van der Waals surface area contributed by atoms with E-state index in [1.54, 1.807) is 6.92 Å². The standard InChI is InChI=1S/C22H16F5NO3/c1-12-10-15(23)5-9-18(12)31-19-8-4-14(22(25,26)27)11-17(19)21(30)28-16-6-2-13(3-7-16)20(24)29/h2-11,20,29H,1H3,(H,28,30). The molecule has 3 aromatic carbocycles. The molecule has 0 bridgehead atoms. The van der Waals surface area contributed by atoms with Gasteiger partial charge >= 0.3 is 6.18 Å². The lowest BCUT2D eigenvalue weighted by atomic mass is 10.1. The minimum absolute atomic E-state index is 0.0483. The molecule has 0 radical (unpaired) electrons. The van der Waals surface area contributed by atoms with Gasteiger partial charge in [-0.3, -0.25) is 4.79 Å². The van der Waals surface area contributed by atoms with E-state index >= 15 is 0 Å². The second-order valence-electron chi connectivity index (χ2n) is 6.63. The van der Waals surface area contributed by atoms with E-state index < -0.39 is 35.4 Å². The highest BCUT2D eigenvalue weighted by Gasteiger charge is 2.32. The average molecular weight is 437 g/mol. The number of hydrogen-bond acceptors (Lipinski definition) is 3. The molecule has 1 amide bonds. The Morgan fingerprint density at radius 3 is 2.23 bits per heavy atom. The van der Waals surface area contributed by atoms with Crippen molar-refractivity contribution in [1.82, 2.24) is 0 Å². The van der Waals surface area contributed by atoms with Crippen LogP contribution in [0.1, 0.15) is 33.4 Å². The molecule has 162 valence electrons. The summed E-state index contributed by atoms with van der Waals surface area (Å²) < 4.78 is 71.3. The van der Waals surface area contributed by atoms with Gasteiger partial charge in [0, 0.05) is 11.3 Å². The number of ether oxygens (including phenoxy) is 1. The van der Waals surface area contributed by atoms with Crippen LogP contribution >= 0.6 is 0 Å². The van der Waals surface area contributed by atoms with Crippen molar-refractivity contribution in [3.63, 3.8) is 0 Å². The Bertz CT molecular complexity index is 1100. The van der Waals surface area contributed by atoms with Crippen molar-refractivity contribution in [3.8, 4) is 11.5 Å². The number of aliphatic hydroxyl groups excluding tert-OH is 1. The molecule has 2 N–H and O–H groups in total. The molecule has 4 nitrogen and oxygen atoms in total. The van der Waals surface area contributed by atoms with Crippen LogP contribution in [0.15, 0.2) is 60.7 Å². The van der Waals surface area contributed by atoms with Gasteiger partial charge < -0.3 is 15.2 Å². The van der Waals surface area contributed by atoms with E-state index in [0.717, 1.165) is 18.2 Å². The van der Waals surface area contributed by atoms with E-state index in [2.05, 4.69) is 5.32 Å². The lowest BCUT2D eigenvalue weighted by Gasteiger charge is -2.16. The molecule has 0 aliphatic rings. The molecule has 0 aliphatic carbocycles. The van der Waals surface area contributed by atoms with E-state index in [1.807, 2.05) is 0 Å². The first-order chi connectivity index (χ1) is 14.5. The summed E-state index contributed by atoms with van der Waals surface area (Å²) in [5.41, 5.74) is -0.972. The Labute approximate surface area is 173 Å². The van der Waals surface area contributed by atoms with Gasteiger partial charge in [0.15, 0.2) is 0 Å². The summed E-state index contributed by atoms with van der Waals surface area (Å²) in [6, 6.07) is 11.0. The smallest absolute Gasteiger partial charge is 0.416 e. The zero-order valence-electron chi connectivity index (χ0n) is 16.0. The maximum atomic E-state index is 13.3. The van der Waals surface area contributed by atoms with Gasteiger partial charge in [-0.15, -0.1) is 0 Å². The van der Waals surface area contributed by atoms with Crippen molar-refractivity contribution in [2.24, 2.45) is 0 Å². The Morgan fingerprint density at radius 1 is 1.00 bits per heavy atom. The van der Waals surface area contributed by atoms with Crippen LogP contribution < -0.4 is 10.1 Å². The number of hydrogen-bond donors (Lipinski definition) is 2. The zero-order chi connectivity index (χ0) is 22.8. The summed E-state index contributed by atoms with van der Waals surface area (Å²) in [6.45, 7) is 1.54. The van der Waals surface area contributed by atoms with Gasteiger partial charge in [0.2, 0.25) is 6.36 Å². The fourth-order valence-electron chi connectivity index (χ4n) is 2.74. The second-order valence-corrected chi connectivity index (χ2v) is 6.63. The van der Waals surface area contributed by atoms with E-state index in [4.69, 9.17) is 9.84 Å². The summed E-state index contributed by atoms with van der Waals surface area (Å²) in [4.78, 5) is 12.7. The maximum absolute atomic E-state index is 13.3. The summed E-state index contributed by atoms with van der Waals surface area (Å²) in [5.74, 6) is -1.43. The molecule has 0 spiro atoms. The van der Waals surface area contributed by atoms with Gasteiger partial charge in [0.05, 0.1) is 11.1 Å². The Balaban J connectivity index is 1.95. The highest BCUT2D eigenvalue weighted by Crippen LogP contribution is 2.35. The average Bonchev–Trinajstić information content (AvgIpc) is 2.70. The first kappa shape index (κ1) is 22.2.